The maximum absolute atomic E-state index is 12.6. The number of hydrogen-bond donors (Lipinski definition) is 0. The summed E-state index contributed by atoms with van der Waals surface area (Å²) in [6, 6.07) is 3.51. The molecule has 10 heavy (non-hydrogen) atoms. The zero-order valence-electron chi connectivity index (χ0n) is 5.57. The molecular weight excluding hydrogens is 133 g/mol. The van der Waals surface area contributed by atoms with Crippen molar-refractivity contribution in [3.63, 3.8) is 0 Å². The summed E-state index contributed by atoms with van der Waals surface area (Å²) >= 11 is 0. The summed E-state index contributed by atoms with van der Waals surface area (Å²) in [6.07, 6.45) is 0. The van der Waals surface area contributed by atoms with Crippen LogP contribution in [0.3, 0.4) is 0 Å². The van der Waals surface area contributed by atoms with Crippen LogP contribution in [-0.2, 0) is 0 Å². The van der Waals surface area contributed by atoms with Gasteiger partial charge in [-0.3, -0.25) is 0 Å². The average Bonchev–Trinajstić information content (AvgIpc) is 1.88. The second-order valence-electron chi connectivity index (χ2n) is 1.95. The van der Waals surface area contributed by atoms with Crippen molar-refractivity contribution in [2.24, 2.45) is 0 Å². The topological polar surface area (TPSA) is 0 Å². The van der Waals surface area contributed by atoms with Crippen LogP contribution in [0.5, 0.6) is 0 Å². The SMILES string of the molecule is C[B]c1ccc(F)cc1F. The smallest absolute Gasteiger partial charge is 0.152 e. The minimum atomic E-state index is -0.539. The largest absolute Gasteiger partial charge is 0.208 e. The molecule has 1 aromatic rings. The lowest BCUT2D eigenvalue weighted by atomic mass is 9.73. The predicted octanol–water partition coefficient (Wildman–Crippen LogP) is 1.34. The van der Waals surface area contributed by atoms with Crippen LogP contribution in [0.2, 0.25) is 6.82 Å². The molecule has 0 N–H and O–H groups in total. The molecule has 0 amide bonds. The van der Waals surface area contributed by atoms with E-state index in [1.807, 2.05) is 0 Å². The molecule has 0 bridgehead atoms. The van der Waals surface area contributed by atoms with Crippen LogP contribution in [0, 0.1) is 11.6 Å². The van der Waals surface area contributed by atoms with E-state index in [0.29, 0.717) is 5.46 Å². The summed E-state index contributed by atoms with van der Waals surface area (Å²) in [7, 11) is 1.59. The molecule has 0 aliphatic heterocycles. The standard InChI is InChI=1S/C7H6BF2/c1-8-6-3-2-5(9)4-7(6)10/h2-4H,1H3. The summed E-state index contributed by atoms with van der Waals surface area (Å²) in [5.74, 6) is -1.05. The molecule has 3 heteroatoms. The predicted molar refractivity (Wildman–Crippen MR) is 37.6 cm³/mol. The van der Waals surface area contributed by atoms with Crippen molar-refractivity contribution in [2.45, 2.75) is 6.82 Å². The first-order valence-corrected chi connectivity index (χ1v) is 2.98. The van der Waals surface area contributed by atoms with E-state index in [9.17, 15) is 8.78 Å². The van der Waals surface area contributed by atoms with Crippen LogP contribution in [0.4, 0.5) is 8.78 Å². The number of rotatable bonds is 1. The molecule has 51 valence electrons. The lowest BCUT2D eigenvalue weighted by Crippen LogP contribution is -2.15. The van der Waals surface area contributed by atoms with Crippen LogP contribution in [0.25, 0.3) is 0 Å². The first-order valence-electron chi connectivity index (χ1n) is 2.98. The van der Waals surface area contributed by atoms with E-state index in [4.69, 9.17) is 0 Å². The van der Waals surface area contributed by atoms with E-state index in [1.54, 1.807) is 14.1 Å². The minimum Gasteiger partial charge on any atom is -0.208 e. The molecule has 0 fully saturated rings. The van der Waals surface area contributed by atoms with Crippen molar-refractivity contribution in [3.8, 4) is 0 Å². The fourth-order valence-electron chi connectivity index (χ4n) is 0.736. The minimum absolute atomic E-state index is 0.432. The molecule has 0 saturated carbocycles. The Morgan fingerprint density at radius 1 is 1.30 bits per heavy atom. The van der Waals surface area contributed by atoms with Gasteiger partial charge >= 0.3 is 0 Å². The second-order valence-corrected chi connectivity index (χ2v) is 1.95. The average molecular weight is 139 g/mol. The van der Waals surface area contributed by atoms with Crippen LogP contribution in [-0.4, -0.2) is 7.28 Å². The fraction of sp³-hybridized carbons (Fsp3) is 0.143. The first-order chi connectivity index (χ1) is 4.74. The van der Waals surface area contributed by atoms with Gasteiger partial charge in [-0.2, -0.15) is 0 Å². The van der Waals surface area contributed by atoms with Gasteiger partial charge in [0, 0.05) is 6.07 Å². The maximum atomic E-state index is 12.6. The van der Waals surface area contributed by atoms with Crippen LogP contribution in [0.15, 0.2) is 18.2 Å². The van der Waals surface area contributed by atoms with Gasteiger partial charge in [0.25, 0.3) is 0 Å². The Kier molecular flexibility index (Phi) is 2.04. The van der Waals surface area contributed by atoms with E-state index in [2.05, 4.69) is 0 Å². The molecule has 0 aliphatic rings. The number of hydrogen-bond acceptors (Lipinski definition) is 0. The normalized spacial score (nSPS) is 9.50. The number of benzene rings is 1. The Hall–Kier alpha value is -0.855. The Bertz CT molecular complexity index is 235. The van der Waals surface area contributed by atoms with Crippen molar-refractivity contribution >= 4 is 12.7 Å². The van der Waals surface area contributed by atoms with E-state index in [0.717, 1.165) is 6.07 Å². The zero-order valence-corrected chi connectivity index (χ0v) is 5.57. The summed E-state index contributed by atoms with van der Waals surface area (Å²) in [6.45, 7) is 1.70. The Morgan fingerprint density at radius 2 is 2.00 bits per heavy atom. The van der Waals surface area contributed by atoms with Crippen LogP contribution >= 0.6 is 0 Å². The Balaban J connectivity index is 3.07. The van der Waals surface area contributed by atoms with Crippen molar-refractivity contribution in [1.82, 2.24) is 0 Å². The highest BCUT2D eigenvalue weighted by Gasteiger charge is 1.99. The molecule has 1 radical (unpaired) electrons. The molecule has 0 saturated heterocycles. The molecule has 0 atom stereocenters. The van der Waals surface area contributed by atoms with Crippen molar-refractivity contribution in [3.05, 3.63) is 29.8 Å². The van der Waals surface area contributed by atoms with Crippen molar-refractivity contribution < 1.29 is 8.78 Å². The number of halogens is 2. The Morgan fingerprint density at radius 3 is 2.50 bits per heavy atom. The molecule has 1 rings (SSSR count). The van der Waals surface area contributed by atoms with Gasteiger partial charge in [-0.25, -0.2) is 8.78 Å². The molecule has 0 unspecified atom stereocenters. The Labute approximate surface area is 59.1 Å². The molecule has 0 spiro atoms. The maximum Gasteiger partial charge on any atom is 0.152 e. The van der Waals surface area contributed by atoms with E-state index in [-0.39, 0.29) is 0 Å². The van der Waals surface area contributed by atoms with Crippen molar-refractivity contribution in [1.29, 1.82) is 0 Å². The van der Waals surface area contributed by atoms with Gasteiger partial charge < -0.3 is 0 Å². The summed E-state index contributed by atoms with van der Waals surface area (Å²) in [5.41, 5.74) is 0.432. The quantitative estimate of drug-likeness (QED) is 0.515. The zero-order chi connectivity index (χ0) is 7.56. The van der Waals surface area contributed by atoms with Crippen molar-refractivity contribution in [2.75, 3.05) is 0 Å². The highest BCUT2D eigenvalue weighted by Crippen LogP contribution is 1.97. The van der Waals surface area contributed by atoms with Gasteiger partial charge in [0.1, 0.15) is 11.6 Å². The van der Waals surface area contributed by atoms with E-state index in [1.165, 1.54) is 12.1 Å². The van der Waals surface area contributed by atoms with Gasteiger partial charge in [-0.1, -0.05) is 18.4 Å². The first kappa shape index (κ1) is 7.25. The molecule has 0 nitrogen and oxygen atoms in total. The van der Waals surface area contributed by atoms with Crippen LogP contribution < -0.4 is 5.46 Å². The second kappa shape index (κ2) is 2.82. The van der Waals surface area contributed by atoms with E-state index < -0.39 is 11.6 Å². The van der Waals surface area contributed by atoms with Gasteiger partial charge in [0.2, 0.25) is 0 Å². The molecule has 0 aromatic heterocycles. The lowest BCUT2D eigenvalue weighted by molar-refractivity contribution is 0.588. The molecule has 0 aliphatic carbocycles. The lowest BCUT2D eigenvalue weighted by Gasteiger charge is -1.96. The molecule has 0 heterocycles. The monoisotopic (exact) mass is 139 g/mol. The summed E-state index contributed by atoms with van der Waals surface area (Å²) in [5, 5.41) is 0. The van der Waals surface area contributed by atoms with Gasteiger partial charge in [0.15, 0.2) is 7.28 Å². The third-order valence-electron chi connectivity index (χ3n) is 1.27. The highest BCUT2D eigenvalue weighted by molar-refractivity contribution is 6.51. The summed E-state index contributed by atoms with van der Waals surface area (Å²) < 4.78 is 24.8. The third-order valence-corrected chi connectivity index (χ3v) is 1.27. The van der Waals surface area contributed by atoms with E-state index >= 15 is 0 Å². The fourth-order valence-corrected chi connectivity index (χ4v) is 0.736. The van der Waals surface area contributed by atoms with Crippen LogP contribution in [0.1, 0.15) is 0 Å². The third kappa shape index (κ3) is 1.35. The highest BCUT2D eigenvalue weighted by atomic mass is 19.1. The summed E-state index contributed by atoms with van der Waals surface area (Å²) in [4.78, 5) is 0. The van der Waals surface area contributed by atoms with Gasteiger partial charge in [-0.15, -0.1) is 0 Å². The molecular formula is C7H6BF2. The van der Waals surface area contributed by atoms with Gasteiger partial charge in [-0.05, 0) is 6.07 Å². The molecule has 1 aromatic carbocycles. The van der Waals surface area contributed by atoms with Gasteiger partial charge in [0.05, 0.1) is 0 Å².